The lowest BCUT2D eigenvalue weighted by molar-refractivity contribution is -0.115. The highest BCUT2D eigenvalue weighted by Gasteiger charge is 2.21. The summed E-state index contributed by atoms with van der Waals surface area (Å²) in [7, 11) is -3.77. The number of hydrogen-bond donors (Lipinski definition) is 2. The van der Waals surface area contributed by atoms with Crippen LogP contribution in [0.3, 0.4) is 0 Å². The maximum Gasteiger partial charge on any atom is 0.263 e. The maximum atomic E-state index is 12.8. The first kappa shape index (κ1) is 22.3. The number of pyridine rings is 1. The van der Waals surface area contributed by atoms with Gasteiger partial charge in [-0.15, -0.1) is 11.3 Å². The number of hydrogen-bond acceptors (Lipinski definition) is 7. The van der Waals surface area contributed by atoms with Crippen LogP contribution in [0.1, 0.15) is 13.3 Å². The summed E-state index contributed by atoms with van der Waals surface area (Å²) in [5.41, 5.74) is 1.45. The first-order valence-electron chi connectivity index (χ1n) is 9.81. The fourth-order valence-corrected chi connectivity index (χ4v) is 6.15. The average molecular weight is 485 g/mol. The standard InChI is InChI=1S/C22H20N4O3S3/c1-2-18(30-22-25-17-7-3-4-8-19(17)31-22)21(27)24-15-10-12-16(13-11-15)32(28,29)26-20-9-5-6-14-23-20/h3-14,18H,2H2,1H3,(H,23,26)(H,24,27). The minimum absolute atomic E-state index is 0.0806. The van der Waals surface area contributed by atoms with Crippen molar-refractivity contribution < 1.29 is 13.2 Å². The molecule has 10 heteroatoms. The molecule has 1 unspecified atom stereocenters. The fraction of sp³-hybridized carbons (Fsp3) is 0.136. The number of rotatable bonds is 8. The molecule has 2 N–H and O–H groups in total. The Hall–Kier alpha value is -2.95. The van der Waals surface area contributed by atoms with Gasteiger partial charge in [0.15, 0.2) is 4.34 Å². The zero-order chi connectivity index (χ0) is 22.6. The molecule has 0 fully saturated rings. The molecule has 1 amide bonds. The second kappa shape index (κ2) is 9.68. The Balaban J connectivity index is 1.42. The molecule has 0 spiro atoms. The van der Waals surface area contributed by atoms with Crippen LogP contribution in [0.4, 0.5) is 11.5 Å². The number of nitrogens with zero attached hydrogens (tertiary/aromatic N) is 2. The Morgan fingerprint density at radius 1 is 1.06 bits per heavy atom. The molecule has 2 aromatic carbocycles. The largest absolute Gasteiger partial charge is 0.325 e. The molecule has 0 aliphatic rings. The highest BCUT2D eigenvalue weighted by Crippen LogP contribution is 2.33. The third-order valence-electron chi connectivity index (χ3n) is 4.52. The third kappa shape index (κ3) is 5.26. The summed E-state index contributed by atoms with van der Waals surface area (Å²) in [4.78, 5) is 21.4. The predicted octanol–water partition coefficient (Wildman–Crippen LogP) is 5.00. The smallest absolute Gasteiger partial charge is 0.263 e. The molecule has 0 radical (unpaired) electrons. The van der Waals surface area contributed by atoms with E-state index in [1.165, 1.54) is 30.1 Å². The van der Waals surface area contributed by atoms with Crippen LogP contribution in [0, 0.1) is 0 Å². The van der Waals surface area contributed by atoms with Crippen LogP contribution in [0.15, 0.2) is 82.2 Å². The van der Waals surface area contributed by atoms with E-state index in [1.807, 2.05) is 31.2 Å². The number of amides is 1. The van der Waals surface area contributed by atoms with Crippen molar-refractivity contribution in [1.29, 1.82) is 0 Å². The van der Waals surface area contributed by atoms with Gasteiger partial charge in [-0.05, 0) is 55.0 Å². The van der Waals surface area contributed by atoms with Gasteiger partial charge in [0.1, 0.15) is 5.82 Å². The van der Waals surface area contributed by atoms with E-state index in [0.717, 1.165) is 14.6 Å². The molecule has 0 aliphatic carbocycles. The van der Waals surface area contributed by atoms with Crippen LogP contribution in [0.25, 0.3) is 10.2 Å². The Morgan fingerprint density at radius 2 is 1.81 bits per heavy atom. The molecule has 1 atom stereocenters. The van der Waals surface area contributed by atoms with Gasteiger partial charge in [0.2, 0.25) is 5.91 Å². The van der Waals surface area contributed by atoms with E-state index in [2.05, 4.69) is 20.0 Å². The van der Waals surface area contributed by atoms with Crippen molar-refractivity contribution in [2.24, 2.45) is 0 Å². The molecule has 164 valence electrons. The van der Waals surface area contributed by atoms with Gasteiger partial charge in [0.25, 0.3) is 10.0 Å². The number of carbonyl (C=O) groups is 1. The molecule has 4 rings (SSSR count). The van der Waals surface area contributed by atoms with Crippen molar-refractivity contribution in [2.75, 3.05) is 10.0 Å². The number of benzene rings is 2. The Bertz CT molecular complexity index is 1290. The van der Waals surface area contributed by atoms with Crippen LogP contribution < -0.4 is 10.0 Å². The maximum absolute atomic E-state index is 12.8. The minimum Gasteiger partial charge on any atom is -0.325 e. The van der Waals surface area contributed by atoms with E-state index in [1.54, 1.807) is 41.7 Å². The Kier molecular flexibility index (Phi) is 6.73. The number of thiazole rings is 1. The van der Waals surface area contributed by atoms with Gasteiger partial charge < -0.3 is 5.32 Å². The van der Waals surface area contributed by atoms with Gasteiger partial charge in [-0.1, -0.05) is 36.9 Å². The highest BCUT2D eigenvalue weighted by atomic mass is 32.2. The van der Waals surface area contributed by atoms with E-state index in [4.69, 9.17) is 0 Å². The van der Waals surface area contributed by atoms with Gasteiger partial charge in [-0.2, -0.15) is 0 Å². The summed E-state index contributed by atoms with van der Waals surface area (Å²) in [6.45, 7) is 1.95. The van der Waals surface area contributed by atoms with E-state index < -0.39 is 10.0 Å². The topological polar surface area (TPSA) is 101 Å². The van der Waals surface area contributed by atoms with Crippen LogP contribution in [0.2, 0.25) is 0 Å². The molecule has 7 nitrogen and oxygen atoms in total. The second-order valence-electron chi connectivity index (χ2n) is 6.80. The summed E-state index contributed by atoms with van der Waals surface area (Å²) >= 11 is 3.00. The van der Waals surface area contributed by atoms with Gasteiger partial charge in [0.05, 0.1) is 20.4 Å². The predicted molar refractivity (Wildman–Crippen MR) is 130 cm³/mol. The summed E-state index contributed by atoms with van der Waals surface area (Å²) < 4.78 is 29.4. The van der Waals surface area contributed by atoms with Crippen LogP contribution in [-0.4, -0.2) is 29.5 Å². The zero-order valence-corrected chi connectivity index (χ0v) is 19.5. The number of nitrogens with one attached hydrogen (secondary N) is 2. The highest BCUT2D eigenvalue weighted by molar-refractivity contribution is 8.02. The quantitative estimate of drug-likeness (QED) is 0.341. The van der Waals surface area contributed by atoms with Gasteiger partial charge >= 0.3 is 0 Å². The van der Waals surface area contributed by atoms with E-state index >= 15 is 0 Å². The van der Waals surface area contributed by atoms with Crippen LogP contribution in [0.5, 0.6) is 0 Å². The van der Waals surface area contributed by atoms with Crippen molar-refractivity contribution >= 4 is 60.8 Å². The first-order chi connectivity index (χ1) is 15.4. The molecule has 0 aliphatic heterocycles. The van der Waals surface area contributed by atoms with Crippen molar-refractivity contribution in [3.63, 3.8) is 0 Å². The lowest BCUT2D eigenvalue weighted by Crippen LogP contribution is -2.24. The molecule has 0 saturated heterocycles. The summed E-state index contributed by atoms with van der Waals surface area (Å²) in [6.07, 6.45) is 2.14. The zero-order valence-electron chi connectivity index (χ0n) is 17.1. The summed E-state index contributed by atoms with van der Waals surface area (Å²) in [5, 5.41) is 2.55. The third-order valence-corrected chi connectivity index (χ3v) is 8.38. The van der Waals surface area contributed by atoms with Gasteiger partial charge in [-0.25, -0.2) is 18.4 Å². The molecule has 4 aromatic rings. The average Bonchev–Trinajstić information content (AvgIpc) is 3.21. The van der Waals surface area contributed by atoms with E-state index in [-0.39, 0.29) is 21.9 Å². The summed E-state index contributed by atoms with van der Waals surface area (Å²) in [6, 6.07) is 18.9. The van der Waals surface area contributed by atoms with Crippen LogP contribution >= 0.6 is 23.1 Å². The number of para-hydroxylation sites is 1. The summed E-state index contributed by atoms with van der Waals surface area (Å²) in [5.74, 6) is 0.0847. The van der Waals surface area contributed by atoms with Gasteiger partial charge in [-0.3, -0.25) is 9.52 Å². The molecular formula is C22H20N4O3S3. The number of anilines is 2. The molecule has 0 saturated carbocycles. The van der Waals surface area contributed by atoms with Crippen molar-refractivity contribution in [2.45, 2.75) is 27.8 Å². The normalized spacial score (nSPS) is 12.4. The van der Waals surface area contributed by atoms with E-state index in [0.29, 0.717) is 12.1 Å². The SMILES string of the molecule is CCC(Sc1nc2ccccc2s1)C(=O)Nc1ccc(S(=O)(=O)Nc2ccccn2)cc1. The first-order valence-corrected chi connectivity index (χ1v) is 13.0. The van der Waals surface area contributed by atoms with Crippen molar-refractivity contribution in [3.05, 3.63) is 72.9 Å². The lowest BCUT2D eigenvalue weighted by Gasteiger charge is -2.14. The number of aromatic nitrogens is 2. The number of sulfonamides is 1. The molecule has 2 aromatic heterocycles. The minimum atomic E-state index is -3.77. The molecular weight excluding hydrogens is 464 g/mol. The lowest BCUT2D eigenvalue weighted by atomic mass is 10.3. The van der Waals surface area contributed by atoms with Crippen molar-refractivity contribution in [3.8, 4) is 0 Å². The number of carbonyl (C=O) groups excluding carboxylic acids is 1. The molecule has 32 heavy (non-hydrogen) atoms. The monoisotopic (exact) mass is 484 g/mol. The van der Waals surface area contributed by atoms with Crippen molar-refractivity contribution in [1.82, 2.24) is 9.97 Å². The number of thioether (sulfide) groups is 1. The fourth-order valence-electron chi connectivity index (χ4n) is 2.91. The van der Waals surface area contributed by atoms with Gasteiger partial charge in [0, 0.05) is 11.9 Å². The molecule has 0 bridgehead atoms. The van der Waals surface area contributed by atoms with E-state index in [9.17, 15) is 13.2 Å². The second-order valence-corrected chi connectivity index (χ2v) is 11.0. The van der Waals surface area contributed by atoms with Crippen LogP contribution in [-0.2, 0) is 14.8 Å². The Morgan fingerprint density at radius 3 is 2.50 bits per heavy atom. The number of fused-ring (bicyclic) bond motifs is 1. The molecule has 2 heterocycles. The Labute approximate surface area is 194 Å².